The maximum atomic E-state index is 12.0. The number of carbonyl (C=O) groups excluding carboxylic acids is 1. The molecule has 2 rings (SSSR count). The third kappa shape index (κ3) is 3.98. The maximum absolute atomic E-state index is 12.0. The normalized spacial score (nSPS) is 16.3. The van der Waals surface area contributed by atoms with Crippen molar-refractivity contribution in [3.05, 3.63) is 38.8 Å². The highest BCUT2D eigenvalue weighted by Crippen LogP contribution is 2.35. The van der Waals surface area contributed by atoms with Crippen LogP contribution in [0.1, 0.15) is 32.1 Å². The lowest BCUT2D eigenvalue weighted by Gasteiger charge is -2.33. The molecule has 1 aromatic rings. The van der Waals surface area contributed by atoms with E-state index in [-0.39, 0.29) is 12.2 Å². The van der Waals surface area contributed by atoms with Gasteiger partial charge in [0, 0.05) is 18.7 Å². The second kappa shape index (κ2) is 7.24. The summed E-state index contributed by atoms with van der Waals surface area (Å²) in [6.45, 7) is -0.402. The van der Waals surface area contributed by atoms with E-state index < -0.39 is 34.3 Å². The summed E-state index contributed by atoms with van der Waals surface area (Å²) in [6, 6.07) is 2.09. The average molecular weight is 337 g/mol. The molecule has 0 atom stereocenters. The predicted octanol–water partition coefficient (Wildman–Crippen LogP) is 0.908. The zero-order valence-corrected chi connectivity index (χ0v) is 13.1. The summed E-state index contributed by atoms with van der Waals surface area (Å²) in [4.78, 5) is 45.3. The van der Waals surface area contributed by atoms with Gasteiger partial charge in [0.1, 0.15) is 6.54 Å². The lowest BCUT2D eigenvalue weighted by molar-refractivity contribution is -0.385. The van der Waals surface area contributed by atoms with Crippen molar-refractivity contribution in [2.24, 2.45) is 5.41 Å². The van der Waals surface area contributed by atoms with Gasteiger partial charge >= 0.3 is 5.97 Å². The number of hydrogen-bond donors (Lipinski definition) is 2. The number of carboxylic acid groups (broad SMARTS) is 1. The van der Waals surface area contributed by atoms with Gasteiger partial charge in [-0.2, -0.15) is 0 Å². The minimum absolute atomic E-state index is 0.00908. The number of carboxylic acids is 1. The van der Waals surface area contributed by atoms with E-state index >= 15 is 0 Å². The van der Waals surface area contributed by atoms with E-state index in [2.05, 4.69) is 5.32 Å². The maximum Gasteiger partial charge on any atom is 0.311 e. The average Bonchev–Trinajstić information content (AvgIpc) is 2.55. The van der Waals surface area contributed by atoms with Crippen LogP contribution in [0.5, 0.6) is 0 Å². The lowest BCUT2D eigenvalue weighted by Crippen LogP contribution is -2.45. The summed E-state index contributed by atoms with van der Waals surface area (Å²) in [5, 5.41) is 22.7. The molecule has 24 heavy (non-hydrogen) atoms. The van der Waals surface area contributed by atoms with Crippen LogP contribution < -0.4 is 10.9 Å². The van der Waals surface area contributed by atoms with Gasteiger partial charge in [0.25, 0.3) is 11.2 Å². The Morgan fingerprint density at radius 2 is 1.96 bits per heavy atom. The number of nitro groups is 1. The molecular formula is C15H19N3O6. The van der Waals surface area contributed by atoms with E-state index in [4.69, 9.17) is 0 Å². The number of carbonyl (C=O) groups is 2. The van der Waals surface area contributed by atoms with E-state index in [0.717, 1.165) is 42.2 Å². The summed E-state index contributed by atoms with van der Waals surface area (Å²) < 4.78 is 0.932. The topological polar surface area (TPSA) is 132 Å². The Hall–Kier alpha value is -2.71. The van der Waals surface area contributed by atoms with Gasteiger partial charge < -0.3 is 10.4 Å². The lowest BCUT2D eigenvalue weighted by atomic mass is 9.74. The molecule has 130 valence electrons. The van der Waals surface area contributed by atoms with Gasteiger partial charge in [-0.25, -0.2) is 0 Å². The molecule has 0 aromatic carbocycles. The fraction of sp³-hybridized carbons (Fsp3) is 0.533. The van der Waals surface area contributed by atoms with Crippen LogP contribution >= 0.6 is 0 Å². The van der Waals surface area contributed by atoms with Crippen LogP contribution in [0.25, 0.3) is 0 Å². The van der Waals surface area contributed by atoms with Crippen molar-refractivity contribution in [2.45, 2.75) is 38.6 Å². The van der Waals surface area contributed by atoms with Crippen LogP contribution in [0, 0.1) is 15.5 Å². The number of pyridine rings is 1. The van der Waals surface area contributed by atoms with Crippen LogP contribution in [0.4, 0.5) is 5.69 Å². The highest BCUT2D eigenvalue weighted by Gasteiger charge is 2.39. The molecule has 1 aromatic heterocycles. The zero-order valence-electron chi connectivity index (χ0n) is 13.1. The molecule has 0 aliphatic heterocycles. The van der Waals surface area contributed by atoms with Crippen LogP contribution in [-0.4, -0.2) is 33.0 Å². The van der Waals surface area contributed by atoms with E-state index in [1.165, 1.54) is 0 Å². The SMILES string of the molecule is O=C(Cn1cc([N+](=O)[O-])ccc1=O)NCC1(C(=O)O)CCCCC1. The van der Waals surface area contributed by atoms with Crippen LogP contribution in [-0.2, 0) is 16.1 Å². The number of hydrogen-bond acceptors (Lipinski definition) is 5. The smallest absolute Gasteiger partial charge is 0.311 e. The molecular weight excluding hydrogens is 318 g/mol. The number of rotatable bonds is 6. The third-order valence-electron chi connectivity index (χ3n) is 4.38. The molecule has 1 amide bonds. The minimum Gasteiger partial charge on any atom is -0.481 e. The molecule has 0 bridgehead atoms. The molecule has 0 radical (unpaired) electrons. The number of nitrogens with zero attached hydrogens (tertiary/aromatic N) is 2. The Morgan fingerprint density at radius 1 is 1.29 bits per heavy atom. The first-order valence-corrected chi connectivity index (χ1v) is 7.69. The van der Waals surface area contributed by atoms with Crippen molar-refractivity contribution in [3.8, 4) is 0 Å². The Balaban J connectivity index is 2.03. The minimum atomic E-state index is -0.971. The highest BCUT2D eigenvalue weighted by molar-refractivity contribution is 5.79. The number of amides is 1. The van der Waals surface area contributed by atoms with E-state index in [0.29, 0.717) is 12.8 Å². The second-order valence-electron chi connectivity index (χ2n) is 6.03. The Kier molecular flexibility index (Phi) is 5.32. The van der Waals surface area contributed by atoms with Crippen molar-refractivity contribution >= 4 is 17.6 Å². The highest BCUT2D eigenvalue weighted by atomic mass is 16.6. The number of aromatic nitrogens is 1. The van der Waals surface area contributed by atoms with Crippen molar-refractivity contribution in [2.75, 3.05) is 6.54 Å². The van der Waals surface area contributed by atoms with Gasteiger partial charge in [0.2, 0.25) is 5.91 Å². The second-order valence-corrected chi connectivity index (χ2v) is 6.03. The van der Waals surface area contributed by atoms with Crippen molar-refractivity contribution in [1.29, 1.82) is 0 Å². The third-order valence-corrected chi connectivity index (χ3v) is 4.38. The van der Waals surface area contributed by atoms with E-state index in [9.17, 15) is 29.6 Å². The number of aliphatic carboxylic acids is 1. The quantitative estimate of drug-likeness (QED) is 0.586. The molecule has 1 fully saturated rings. The van der Waals surface area contributed by atoms with Crippen LogP contribution in [0.15, 0.2) is 23.1 Å². The van der Waals surface area contributed by atoms with Gasteiger partial charge in [-0.15, -0.1) is 0 Å². The molecule has 1 aliphatic carbocycles. The summed E-state index contributed by atoms with van der Waals surface area (Å²) in [5.74, 6) is -1.49. The van der Waals surface area contributed by atoms with Gasteiger partial charge in [0.15, 0.2) is 0 Å². The zero-order chi connectivity index (χ0) is 17.7. The fourth-order valence-electron chi connectivity index (χ4n) is 2.92. The molecule has 2 N–H and O–H groups in total. The monoisotopic (exact) mass is 337 g/mol. The Bertz CT molecular complexity index is 705. The van der Waals surface area contributed by atoms with Gasteiger partial charge in [-0.05, 0) is 12.8 Å². The summed E-state index contributed by atoms with van der Waals surface area (Å²) in [5.41, 5.74) is -1.81. The molecule has 0 unspecified atom stereocenters. The van der Waals surface area contributed by atoms with Crippen molar-refractivity contribution in [1.82, 2.24) is 9.88 Å². The molecule has 9 heteroatoms. The number of nitrogens with one attached hydrogen (secondary N) is 1. The van der Waals surface area contributed by atoms with E-state index in [1.54, 1.807) is 0 Å². The van der Waals surface area contributed by atoms with Crippen molar-refractivity contribution in [3.63, 3.8) is 0 Å². The van der Waals surface area contributed by atoms with Gasteiger partial charge in [-0.3, -0.25) is 29.1 Å². The van der Waals surface area contributed by atoms with Gasteiger partial charge in [-0.1, -0.05) is 19.3 Å². The Labute approximate surface area is 137 Å². The standard InChI is InChI=1S/C15H19N3O6/c19-12(9-17-8-11(18(23)24)4-5-13(17)20)16-10-15(14(21)22)6-2-1-3-7-15/h4-5,8H,1-3,6-7,9-10H2,(H,16,19)(H,21,22). The Morgan fingerprint density at radius 3 is 2.54 bits per heavy atom. The van der Waals surface area contributed by atoms with Crippen molar-refractivity contribution < 1.29 is 19.6 Å². The first kappa shape index (κ1) is 17.6. The first-order chi connectivity index (χ1) is 11.3. The summed E-state index contributed by atoms with van der Waals surface area (Å²) >= 11 is 0. The molecule has 1 aliphatic rings. The van der Waals surface area contributed by atoms with Crippen LogP contribution in [0.3, 0.4) is 0 Å². The van der Waals surface area contributed by atoms with Gasteiger partial charge in [0.05, 0.1) is 16.5 Å². The molecule has 0 saturated heterocycles. The molecule has 1 heterocycles. The molecule has 0 spiro atoms. The summed E-state index contributed by atoms with van der Waals surface area (Å²) in [7, 11) is 0. The molecule has 9 nitrogen and oxygen atoms in total. The predicted molar refractivity (Wildman–Crippen MR) is 83.5 cm³/mol. The fourth-order valence-corrected chi connectivity index (χ4v) is 2.92. The summed E-state index contributed by atoms with van der Waals surface area (Å²) in [6.07, 6.45) is 4.57. The van der Waals surface area contributed by atoms with E-state index in [1.807, 2.05) is 0 Å². The molecule has 1 saturated carbocycles. The van der Waals surface area contributed by atoms with Crippen LogP contribution in [0.2, 0.25) is 0 Å². The largest absolute Gasteiger partial charge is 0.481 e. The first-order valence-electron chi connectivity index (χ1n) is 7.69.